The van der Waals surface area contributed by atoms with Crippen molar-refractivity contribution in [3.8, 4) is 0 Å². The Hall–Kier alpha value is -2.18. The molecular formula is C25H33N3O2S. The van der Waals surface area contributed by atoms with E-state index < -0.39 is 0 Å². The number of nitrogens with zero attached hydrogens (tertiary/aromatic N) is 2. The maximum atomic E-state index is 13.7. The van der Waals surface area contributed by atoms with Gasteiger partial charge in [-0.3, -0.25) is 9.59 Å². The maximum Gasteiger partial charge on any atom is 0.254 e. The van der Waals surface area contributed by atoms with Crippen LogP contribution < -0.4 is 5.32 Å². The van der Waals surface area contributed by atoms with Gasteiger partial charge in [0.25, 0.3) is 5.91 Å². The molecule has 0 radical (unpaired) electrons. The van der Waals surface area contributed by atoms with Crippen molar-refractivity contribution in [3.63, 3.8) is 0 Å². The molecule has 166 valence electrons. The monoisotopic (exact) mass is 439 g/mol. The number of nitrogens with one attached hydrogen (secondary N) is 1. The number of rotatable bonds is 8. The zero-order valence-corrected chi connectivity index (χ0v) is 19.4. The summed E-state index contributed by atoms with van der Waals surface area (Å²) in [6.45, 7) is 7.68. The quantitative estimate of drug-likeness (QED) is 0.662. The average Bonchev–Trinajstić information content (AvgIpc) is 3.51. The first-order chi connectivity index (χ1) is 15.2. The van der Waals surface area contributed by atoms with Crippen LogP contribution >= 0.6 is 11.3 Å². The van der Waals surface area contributed by atoms with E-state index in [-0.39, 0.29) is 29.8 Å². The Morgan fingerprint density at radius 3 is 2.55 bits per heavy atom. The summed E-state index contributed by atoms with van der Waals surface area (Å²) in [5.41, 5.74) is 1.55. The molecule has 1 fully saturated rings. The van der Waals surface area contributed by atoms with Gasteiger partial charge in [0.2, 0.25) is 5.91 Å². The second-order valence-corrected chi connectivity index (χ2v) is 9.47. The third-order valence-electron chi connectivity index (χ3n) is 6.83. The zero-order chi connectivity index (χ0) is 21.8. The lowest BCUT2D eigenvalue weighted by Gasteiger charge is -2.44. The van der Waals surface area contributed by atoms with Crippen molar-refractivity contribution < 1.29 is 9.59 Å². The fraction of sp³-hybridized carbons (Fsp3) is 0.520. The fourth-order valence-electron chi connectivity index (χ4n) is 5.17. The van der Waals surface area contributed by atoms with Gasteiger partial charge in [0.1, 0.15) is 0 Å². The number of carbonyl (C=O) groups is 2. The highest BCUT2D eigenvalue weighted by molar-refractivity contribution is 7.10. The largest absolute Gasteiger partial charge is 0.354 e. The predicted molar refractivity (Wildman–Crippen MR) is 125 cm³/mol. The van der Waals surface area contributed by atoms with E-state index in [1.165, 1.54) is 0 Å². The molecule has 5 nitrogen and oxygen atoms in total. The minimum Gasteiger partial charge on any atom is -0.354 e. The van der Waals surface area contributed by atoms with E-state index in [0.29, 0.717) is 12.1 Å². The standard InChI is InChI=1S/C25H33N3O2S/c1-3-27(4-2)16-15-26-24(29)22-19-12-7-8-13-20(19)25(30)28(18-10-5-6-11-18)23(22)21-14-9-17-31-21/h7-9,12-14,17-18,22-23H,3-6,10-11,15-16H2,1-2H3,(H,26,29)/t22-,23+/m1/s1. The van der Waals surface area contributed by atoms with Crippen molar-refractivity contribution >= 4 is 23.2 Å². The molecule has 4 rings (SSSR count). The lowest BCUT2D eigenvalue weighted by Crippen LogP contribution is -2.51. The molecule has 1 N–H and O–H groups in total. The van der Waals surface area contributed by atoms with Gasteiger partial charge in [0.15, 0.2) is 0 Å². The molecule has 2 atom stereocenters. The maximum absolute atomic E-state index is 13.7. The fourth-order valence-corrected chi connectivity index (χ4v) is 6.03. The lowest BCUT2D eigenvalue weighted by atomic mass is 9.80. The van der Waals surface area contributed by atoms with Crippen molar-refractivity contribution in [2.45, 2.75) is 57.5 Å². The second-order valence-electron chi connectivity index (χ2n) is 8.49. The van der Waals surface area contributed by atoms with E-state index in [1.54, 1.807) is 11.3 Å². The lowest BCUT2D eigenvalue weighted by molar-refractivity contribution is -0.124. The highest BCUT2D eigenvalue weighted by Gasteiger charge is 2.47. The van der Waals surface area contributed by atoms with Gasteiger partial charge in [-0.2, -0.15) is 0 Å². The van der Waals surface area contributed by atoms with Gasteiger partial charge < -0.3 is 15.1 Å². The Labute approximate surface area is 189 Å². The Morgan fingerprint density at radius 1 is 1.13 bits per heavy atom. The Balaban J connectivity index is 1.69. The van der Waals surface area contributed by atoms with Crippen molar-refractivity contribution in [3.05, 3.63) is 57.8 Å². The van der Waals surface area contributed by atoms with Crippen LogP contribution in [0.1, 0.15) is 72.3 Å². The smallest absolute Gasteiger partial charge is 0.254 e. The first-order valence-electron chi connectivity index (χ1n) is 11.6. The number of carbonyl (C=O) groups excluding carboxylic acids is 2. The Kier molecular flexibility index (Phi) is 7.08. The van der Waals surface area contributed by atoms with Crippen LogP contribution in [0.15, 0.2) is 41.8 Å². The minimum absolute atomic E-state index is 0.0218. The molecule has 2 heterocycles. The van der Waals surface area contributed by atoms with E-state index in [0.717, 1.165) is 55.8 Å². The molecule has 2 aromatic rings. The van der Waals surface area contributed by atoms with Crippen LogP contribution in [0, 0.1) is 0 Å². The number of thiophene rings is 1. The third kappa shape index (κ3) is 4.41. The number of amides is 2. The molecule has 1 saturated carbocycles. The van der Waals surface area contributed by atoms with E-state index in [2.05, 4.69) is 35.0 Å². The summed E-state index contributed by atoms with van der Waals surface area (Å²) in [7, 11) is 0. The molecule has 0 spiro atoms. The number of benzene rings is 1. The summed E-state index contributed by atoms with van der Waals surface area (Å²) in [5.74, 6) is -0.286. The molecule has 0 saturated heterocycles. The normalized spacial score (nSPS) is 21.5. The predicted octanol–water partition coefficient (Wildman–Crippen LogP) is 4.43. The van der Waals surface area contributed by atoms with Gasteiger partial charge in [0, 0.05) is 29.6 Å². The van der Waals surface area contributed by atoms with Crippen LogP contribution in [-0.2, 0) is 4.79 Å². The molecule has 1 aromatic heterocycles. The summed E-state index contributed by atoms with van der Waals surface area (Å²) in [4.78, 5) is 32.7. The minimum atomic E-state index is -0.384. The van der Waals surface area contributed by atoms with E-state index in [9.17, 15) is 9.59 Å². The van der Waals surface area contributed by atoms with Crippen molar-refractivity contribution in [1.29, 1.82) is 0 Å². The molecular weight excluding hydrogens is 406 g/mol. The van der Waals surface area contributed by atoms with Crippen LogP contribution in [0.4, 0.5) is 0 Å². The Morgan fingerprint density at radius 2 is 1.87 bits per heavy atom. The number of hydrogen-bond acceptors (Lipinski definition) is 4. The Bertz CT molecular complexity index is 888. The molecule has 31 heavy (non-hydrogen) atoms. The molecule has 2 amide bonds. The molecule has 1 aliphatic heterocycles. The SMILES string of the molecule is CCN(CC)CCNC(=O)[C@@H]1c2ccccc2C(=O)N(C2CCCC2)[C@H]1c1cccs1. The number of likely N-dealkylation sites (N-methyl/N-ethyl adjacent to an activating group) is 1. The molecule has 1 aromatic carbocycles. The van der Waals surface area contributed by atoms with Crippen LogP contribution in [-0.4, -0.2) is 53.8 Å². The van der Waals surface area contributed by atoms with Crippen LogP contribution in [0.5, 0.6) is 0 Å². The topological polar surface area (TPSA) is 52.7 Å². The molecule has 0 bridgehead atoms. The third-order valence-corrected chi connectivity index (χ3v) is 7.78. The van der Waals surface area contributed by atoms with Gasteiger partial charge in [-0.25, -0.2) is 0 Å². The van der Waals surface area contributed by atoms with Gasteiger partial charge in [-0.05, 0) is 49.0 Å². The van der Waals surface area contributed by atoms with E-state index >= 15 is 0 Å². The highest BCUT2D eigenvalue weighted by Crippen LogP contribution is 2.47. The first-order valence-corrected chi connectivity index (χ1v) is 12.5. The van der Waals surface area contributed by atoms with Crippen molar-refractivity contribution in [2.24, 2.45) is 0 Å². The number of fused-ring (bicyclic) bond motifs is 1. The van der Waals surface area contributed by atoms with Gasteiger partial charge in [0.05, 0.1) is 12.0 Å². The molecule has 2 aliphatic rings. The summed E-state index contributed by atoms with van der Waals surface area (Å²) in [5, 5.41) is 5.24. The van der Waals surface area contributed by atoms with Crippen LogP contribution in [0.3, 0.4) is 0 Å². The first kappa shape index (κ1) is 22.0. The van der Waals surface area contributed by atoms with Crippen molar-refractivity contribution in [2.75, 3.05) is 26.2 Å². The number of hydrogen-bond donors (Lipinski definition) is 1. The van der Waals surface area contributed by atoms with Gasteiger partial charge in [-0.1, -0.05) is 51.0 Å². The van der Waals surface area contributed by atoms with Gasteiger partial charge >= 0.3 is 0 Å². The summed E-state index contributed by atoms with van der Waals surface area (Å²) >= 11 is 1.64. The average molecular weight is 440 g/mol. The van der Waals surface area contributed by atoms with E-state index in [4.69, 9.17) is 0 Å². The molecule has 6 heteroatoms. The summed E-state index contributed by atoms with van der Waals surface area (Å²) in [6.07, 6.45) is 4.33. The zero-order valence-electron chi connectivity index (χ0n) is 18.5. The highest BCUT2D eigenvalue weighted by atomic mass is 32.1. The van der Waals surface area contributed by atoms with Crippen LogP contribution in [0.2, 0.25) is 0 Å². The van der Waals surface area contributed by atoms with Crippen LogP contribution in [0.25, 0.3) is 0 Å². The molecule has 1 aliphatic carbocycles. The molecule has 0 unspecified atom stereocenters. The van der Waals surface area contributed by atoms with Gasteiger partial charge in [-0.15, -0.1) is 11.3 Å². The summed E-state index contributed by atoms with van der Waals surface area (Å²) in [6, 6.07) is 11.8. The summed E-state index contributed by atoms with van der Waals surface area (Å²) < 4.78 is 0. The van der Waals surface area contributed by atoms with E-state index in [1.807, 2.05) is 35.7 Å². The van der Waals surface area contributed by atoms with Crippen molar-refractivity contribution in [1.82, 2.24) is 15.1 Å². The second kappa shape index (κ2) is 9.96.